The molecule has 2 saturated heterocycles. The van der Waals surface area contributed by atoms with Gasteiger partial charge in [0.15, 0.2) is 0 Å². The Morgan fingerprint density at radius 1 is 1.33 bits per heavy atom. The maximum atomic E-state index is 13.2. The van der Waals surface area contributed by atoms with Crippen molar-refractivity contribution in [2.24, 2.45) is 0 Å². The minimum Gasteiger partial charge on any atom is -0.378 e. The lowest BCUT2D eigenvalue weighted by Crippen LogP contribution is -2.55. The number of aryl methyl sites for hydroxylation is 1. The van der Waals surface area contributed by atoms with Crippen molar-refractivity contribution in [3.8, 4) is 0 Å². The summed E-state index contributed by atoms with van der Waals surface area (Å²) in [6.07, 6.45) is 4.26. The highest BCUT2D eigenvalue weighted by molar-refractivity contribution is 6.06. The summed E-state index contributed by atoms with van der Waals surface area (Å²) >= 11 is 0. The van der Waals surface area contributed by atoms with Crippen molar-refractivity contribution in [1.82, 2.24) is 20.0 Å². The van der Waals surface area contributed by atoms with Crippen LogP contribution < -0.4 is 0 Å². The molecule has 2 fully saturated rings. The Balaban J connectivity index is 1.45. The lowest BCUT2D eigenvalue weighted by atomic mass is 10.0. The lowest BCUT2D eigenvalue weighted by Gasteiger charge is -2.40. The van der Waals surface area contributed by atoms with Gasteiger partial charge in [0, 0.05) is 37.7 Å². The zero-order valence-corrected chi connectivity index (χ0v) is 15.9. The van der Waals surface area contributed by atoms with E-state index in [1.54, 1.807) is 6.20 Å². The number of hydrogen-bond acceptors (Lipinski definition) is 4. The molecule has 0 aliphatic carbocycles. The Kier molecular flexibility index (Phi) is 4.86. The van der Waals surface area contributed by atoms with Gasteiger partial charge in [0.2, 0.25) is 5.91 Å². The van der Waals surface area contributed by atoms with Gasteiger partial charge < -0.3 is 14.5 Å². The fourth-order valence-electron chi connectivity index (χ4n) is 4.15. The molecule has 2 aliphatic rings. The molecule has 0 radical (unpaired) electrons. The predicted molar refractivity (Wildman–Crippen MR) is 102 cm³/mol. The van der Waals surface area contributed by atoms with Crippen molar-refractivity contribution < 1.29 is 14.3 Å². The summed E-state index contributed by atoms with van der Waals surface area (Å²) in [7, 11) is 0. The second-order valence-corrected chi connectivity index (χ2v) is 7.67. The molecule has 1 aromatic heterocycles. The average Bonchev–Trinajstić information content (AvgIpc) is 3.31. The molecule has 0 saturated carbocycles. The Hall–Kier alpha value is -2.41. The van der Waals surface area contributed by atoms with Crippen molar-refractivity contribution in [2.75, 3.05) is 26.2 Å². The number of nitrogens with one attached hydrogen (secondary N) is 1. The molecule has 7 nitrogen and oxygen atoms in total. The van der Waals surface area contributed by atoms with Crippen molar-refractivity contribution in [1.29, 1.82) is 0 Å². The number of rotatable bonds is 3. The van der Waals surface area contributed by atoms with Crippen LogP contribution in [-0.4, -0.2) is 70.2 Å². The number of nitrogens with zero attached hydrogens (tertiary/aromatic N) is 3. The quantitative estimate of drug-likeness (QED) is 0.898. The molecule has 1 aromatic carbocycles. The molecule has 4 rings (SSSR count). The zero-order chi connectivity index (χ0) is 19.0. The number of amides is 2. The SMILES string of the molecule is Cc1cc(C(=O)N2CCN(C(=O)CC3CCCO3)CC2C)c2[nH]ncc2c1. The Bertz CT molecular complexity index is 856. The molecule has 1 N–H and O–H groups in total. The van der Waals surface area contributed by atoms with Gasteiger partial charge in [-0.2, -0.15) is 5.10 Å². The van der Waals surface area contributed by atoms with E-state index >= 15 is 0 Å². The van der Waals surface area contributed by atoms with Crippen LogP contribution in [0.25, 0.3) is 10.9 Å². The third-order valence-corrected chi connectivity index (χ3v) is 5.59. The summed E-state index contributed by atoms with van der Waals surface area (Å²) < 4.78 is 5.58. The number of carbonyl (C=O) groups excluding carboxylic acids is 2. The van der Waals surface area contributed by atoms with Crippen molar-refractivity contribution in [2.45, 2.75) is 45.3 Å². The van der Waals surface area contributed by atoms with E-state index in [1.165, 1.54) is 0 Å². The minimum absolute atomic E-state index is 0.00771. The van der Waals surface area contributed by atoms with Gasteiger partial charge >= 0.3 is 0 Å². The standard InChI is InChI=1S/C20H26N4O3/c1-13-8-15-11-21-22-19(15)17(9-13)20(26)24-6-5-23(12-14(24)2)18(25)10-16-4-3-7-27-16/h8-9,11,14,16H,3-7,10,12H2,1-2H3,(H,21,22). The highest BCUT2D eigenvalue weighted by Crippen LogP contribution is 2.23. The second kappa shape index (κ2) is 7.31. The molecular formula is C20H26N4O3. The Morgan fingerprint density at radius 3 is 2.93 bits per heavy atom. The molecule has 144 valence electrons. The molecule has 2 atom stereocenters. The van der Waals surface area contributed by atoms with Crippen LogP contribution in [-0.2, 0) is 9.53 Å². The van der Waals surface area contributed by atoms with Gasteiger partial charge in [-0.05, 0) is 44.4 Å². The number of H-pyrrole nitrogens is 1. The molecule has 3 heterocycles. The number of hydrogen-bond donors (Lipinski definition) is 1. The highest BCUT2D eigenvalue weighted by Gasteiger charge is 2.32. The van der Waals surface area contributed by atoms with Crippen LogP contribution in [0.1, 0.15) is 42.1 Å². The van der Waals surface area contributed by atoms with Crippen LogP contribution in [0.15, 0.2) is 18.3 Å². The first-order valence-electron chi connectivity index (χ1n) is 9.67. The summed E-state index contributed by atoms with van der Waals surface area (Å²) in [4.78, 5) is 29.5. The molecule has 2 aliphatic heterocycles. The number of piperazine rings is 1. The number of fused-ring (bicyclic) bond motifs is 1. The average molecular weight is 370 g/mol. The highest BCUT2D eigenvalue weighted by atomic mass is 16.5. The molecule has 27 heavy (non-hydrogen) atoms. The first kappa shape index (κ1) is 18.0. The Labute approximate surface area is 158 Å². The van der Waals surface area contributed by atoms with E-state index in [-0.39, 0.29) is 24.0 Å². The maximum Gasteiger partial charge on any atom is 0.256 e. The normalized spacial score (nSPS) is 23.2. The number of benzene rings is 1. The fraction of sp³-hybridized carbons (Fsp3) is 0.550. The number of aromatic nitrogens is 2. The summed E-state index contributed by atoms with van der Waals surface area (Å²) in [5, 5.41) is 7.96. The molecule has 2 aromatic rings. The third kappa shape index (κ3) is 3.56. The van der Waals surface area contributed by atoms with Gasteiger partial charge in [-0.15, -0.1) is 0 Å². The van der Waals surface area contributed by atoms with Crippen LogP contribution in [0.5, 0.6) is 0 Å². The topological polar surface area (TPSA) is 78.5 Å². The molecule has 0 bridgehead atoms. The van der Waals surface area contributed by atoms with E-state index < -0.39 is 0 Å². The predicted octanol–water partition coefficient (Wildman–Crippen LogP) is 2.11. The largest absolute Gasteiger partial charge is 0.378 e. The fourth-order valence-corrected chi connectivity index (χ4v) is 4.15. The Morgan fingerprint density at radius 2 is 2.19 bits per heavy atom. The number of ether oxygens (including phenoxy) is 1. The van der Waals surface area contributed by atoms with Crippen LogP contribution >= 0.6 is 0 Å². The summed E-state index contributed by atoms with van der Waals surface area (Å²) in [5.74, 6) is 0.124. The molecule has 2 unspecified atom stereocenters. The van der Waals surface area contributed by atoms with Crippen LogP contribution in [0.4, 0.5) is 0 Å². The minimum atomic E-state index is -0.0295. The monoisotopic (exact) mass is 370 g/mol. The van der Waals surface area contributed by atoms with Crippen molar-refractivity contribution in [3.63, 3.8) is 0 Å². The summed E-state index contributed by atoms with van der Waals surface area (Å²) in [5.41, 5.74) is 2.45. The van der Waals surface area contributed by atoms with E-state index in [0.717, 1.165) is 35.9 Å². The maximum absolute atomic E-state index is 13.2. The lowest BCUT2D eigenvalue weighted by molar-refractivity contribution is -0.135. The molecular weight excluding hydrogens is 344 g/mol. The summed E-state index contributed by atoms with van der Waals surface area (Å²) in [6, 6.07) is 3.89. The summed E-state index contributed by atoms with van der Waals surface area (Å²) in [6.45, 7) is 6.42. The van der Waals surface area contributed by atoms with E-state index in [0.29, 0.717) is 31.6 Å². The van der Waals surface area contributed by atoms with E-state index in [9.17, 15) is 9.59 Å². The van der Waals surface area contributed by atoms with Crippen LogP contribution in [0, 0.1) is 6.92 Å². The van der Waals surface area contributed by atoms with Gasteiger partial charge in [0.05, 0.1) is 29.8 Å². The van der Waals surface area contributed by atoms with E-state index in [4.69, 9.17) is 4.74 Å². The van der Waals surface area contributed by atoms with Gasteiger partial charge in [0.1, 0.15) is 0 Å². The van der Waals surface area contributed by atoms with E-state index in [1.807, 2.05) is 35.8 Å². The second-order valence-electron chi connectivity index (χ2n) is 7.67. The first-order chi connectivity index (χ1) is 13.0. The molecule has 2 amide bonds. The van der Waals surface area contributed by atoms with Crippen molar-refractivity contribution in [3.05, 3.63) is 29.5 Å². The van der Waals surface area contributed by atoms with E-state index in [2.05, 4.69) is 10.2 Å². The first-order valence-corrected chi connectivity index (χ1v) is 9.67. The van der Waals surface area contributed by atoms with Crippen molar-refractivity contribution >= 4 is 22.7 Å². The number of carbonyl (C=O) groups is 2. The van der Waals surface area contributed by atoms with Gasteiger partial charge in [0.25, 0.3) is 5.91 Å². The molecule has 0 spiro atoms. The smallest absolute Gasteiger partial charge is 0.256 e. The van der Waals surface area contributed by atoms with Crippen LogP contribution in [0.3, 0.4) is 0 Å². The molecule has 7 heteroatoms. The van der Waals surface area contributed by atoms with Gasteiger partial charge in [-0.3, -0.25) is 14.7 Å². The number of aromatic amines is 1. The zero-order valence-electron chi connectivity index (χ0n) is 15.9. The van der Waals surface area contributed by atoms with Crippen LogP contribution in [0.2, 0.25) is 0 Å². The van der Waals surface area contributed by atoms with Gasteiger partial charge in [-0.25, -0.2) is 0 Å². The third-order valence-electron chi connectivity index (χ3n) is 5.59. The van der Waals surface area contributed by atoms with Gasteiger partial charge in [-0.1, -0.05) is 0 Å².